The molecule has 4 N–H and O–H groups in total. The summed E-state index contributed by atoms with van der Waals surface area (Å²) < 4.78 is 20.5. The first-order chi connectivity index (χ1) is 18.0. The van der Waals surface area contributed by atoms with Crippen molar-refractivity contribution < 1.29 is 28.9 Å². The monoisotopic (exact) mass is 524 g/mol. The molecule has 0 bridgehead atoms. The maximum Gasteiger partial charge on any atom is 0.308 e. The van der Waals surface area contributed by atoms with Gasteiger partial charge in [0.05, 0.1) is 31.4 Å². The van der Waals surface area contributed by atoms with Gasteiger partial charge in [-0.1, -0.05) is 42.5 Å². The highest BCUT2D eigenvalue weighted by atomic mass is 19.1. The van der Waals surface area contributed by atoms with Crippen molar-refractivity contribution in [3.8, 4) is 22.3 Å². The molecular weight excluding hydrogens is 487 g/mol. The van der Waals surface area contributed by atoms with Crippen molar-refractivity contribution in [3.63, 3.8) is 0 Å². The van der Waals surface area contributed by atoms with E-state index in [1.807, 2.05) is 48.7 Å². The van der Waals surface area contributed by atoms with E-state index in [0.29, 0.717) is 12.1 Å². The quantitative estimate of drug-likeness (QED) is 0.295. The lowest BCUT2D eigenvalue weighted by Gasteiger charge is -2.22. The van der Waals surface area contributed by atoms with Gasteiger partial charge in [0, 0.05) is 22.9 Å². The Hall–Kier alpha value is -3.33. The van der Waals surface area contributed by atoms with Crippen molar-refractivity contribution in [1.82, 2.24) is 4.57 Å². The number of methoxy groups -OCH3 is 1. The number of esters is 1. The summed E-state index contributed by atoms with van der Waals surface area (Å²) in [5.41, 5.74) is 11.3. The highest BCUT2D eigenvalue weighted by Crippen LogP contribution is 2.44. The molecule has 0 aliphatic rings. The molecule has 0 spiro atoms. The molecule has 0 saturated carbocycles. The molecule has 3 rings (SSSR count). The summed E-state index contributed by atoms with van der Waals surface area (Å²) in [6, 6.07) is 14.8. The summed E-state index contributed by atoms with van der Waals surface area (Å²) in [6.45, 7) is 5.46. The van der Waals surface area contributed by atoms with E-state index in [0.717, 1.165) is 27.9 Å². The van der Waals surface area contributed by atoms with Crippen molar-refractivity contribution in [2.24, 2.45) is 5.73 Å². The summed E-state index contributed by atoms with van der Waals surface area (Å²) in [7, 11) is 1.25. The van der Waals surface area contributed by atoms with Crippen LogP contribution in [0.5, 0.6) is 0 Å². The van der Waals surface area contributed by atoms with Crippen LogP contribution in [0.4, 0.5) is 4.39 Å². The largest absolute Gasteiger partial charge is 0.469 e. The maximum atomic E-state index is 13.9. The molecule has 0 fully saturated rings. The molecule has 204 valence electrons. The minimum absolute atomic E-state index is 0.00866. The van der Waals surface area contributed by atoms with Crippen LogP contribution in [-0.4, -0.2) is 45.9 Å². The number of halogens is 1. The summed E-state index contributed by atoms with van der Waals surface area (Å²) in [5.74, 6) is -1.10. The molecule has 0 aliphatic heterocycles. The molecule has 1 heterocycles. The molecular formula is C30H37FN2O5. The number of ketones is 1. The predicted molar refractivity (Wildman–Crippen MR) is 145 cm³/mol. The molecule has 8 heteroatoms. The highest BCUT2D eigenvalue weighted by Gasteiger charge is 2.31. The first-order valence-electron chi connectivity index (χ1n) is 12.8. The van der Waals surface area contributed by atoms with Gasteiger partial charge >= 0.3 is 5.97 Å². The number of aromatic nitrogens is 1. The van der Waals surface area contributed by atoms with E-state index in [-0.39, 0.29) is 36.9 Å². The summed E-state index contributed by atoms with van der Waals surface area (Å²) in [4.78, 5) is 24.1. The predicted octanol–water partition coefficient (Wildman–Crippen LogP) is 4.74. The second-order valence-corrected chi connectivity index (χ2v) is 9.87. The first-order valence-corrected chi connectivity index (χ1v) is 12.8. The van der Waals surface area contributed by atoms with E-state index in [2.05, 4.69) is 4.74 Å². The molecule has 0 aliphatic carbocycles. The number of carbonyl (C=O) groups is 2. The minimum atomic E-state index is -1.03. The van der Waals surface area contributed by atoms with E-state index in [1.54, 1.807) is 12.1 Å². The minimum Gasteiger partial charge on any atom is -0.469 e. The first kappa shape index (κ1) is 29.2. The summed E-state index contributed by atoms with van der Waals surface area (Å²) in [6.07, 6.45) is -1.45. The molecule has 3 atom stereocenters. The normalized spacial score (nSPS) is 13.8. The molecule has 2 aromatic carbocycles. The number of rotatable bonds is 12. The fourth-order valence-electron chi connectivity index (χ4n) is 4.91. The Bertz CT molecular complexity index is 1240. The molecule has 3 aromatic rings. The van der Waals surface area contributed by atoms with Gasteiger partial charge in [-0.05, 0) is 63.3 Å². The van der Waals surface area contributed by atoms with E-state index in [9.17, 15) is 24.2 Å². The van der Waals surface area contributed by atoms with Gasteiger partial charge in [0.1, 0.15) is 11.9 Å². The molecule has 0 amide bonds. The van der Waals surface area contributed by atoms with Crippen LogP contribution in [0.2, 0.25) is 0 Å². The highest BCUT2D eigenvalue weighted by molar-refractivity contribution is 5.93. The zero-order valence-corrected chi connectivity index (χ0v) is 22.4. The van der Waals surface area contributed by atoms with Gasteiger partial charge in [-0.2, -0.15) is 0 Å². The van der Waals surface area contributed by atoms with E-state index < -0.39 is 24.2 Å². The van der Waals surface area contributed by atoms with Gasteiger partial charge in [0.15, 0.2) is 5.78 Å². The van der Waals surface area contributed by atoms with Gasteiger partial charge in [0.25, 0.3) is 0 Å². The summed E-state index contributed by atoms with van der Waals surface area (Å²) >= 11 is 0. The van der Waals surface area contributed by atoms with Crippen LogP contribution < -0.4 is 5.73 Å². The molecule has 1 aromatic heterocycles. The van der Waals surface area contributed by atoms with Crippen LogP contribution in [0.15, 0.2) is 54.6 Å². The van der Waals surface area contributed by atoms with Crippen LogP contribution in [0.1, 0.15) is 63.5 Å². The van der Waals surface area contributed by atoms with Gasteiger partial charge in [-0.15, -0.1) is 0 Å². The zero-order chi connectivity index (χ0) is 28.0. The van der Waals surface area contributed by atoms with Crippen LogP contribution in [0.25, 0.3) is 22.3 Å². The zero-order valence-electron chi connectivity index (χ0n) is 22.4. The SMILES string of the molecule is COC(=O)CC(O)CC(O)CCc1c(-c2ccc(F)cc2)c(-c2ccccc2)c(C(N)C(C)=O)n1C(C)C. The average molecular weight is 525 g/mol. The maximum absolute atomic E-state index is 13.9. The van der Waals surface area contributed by atoms with Crippen molar-refractivity contribution >= 4 is 11.8 Å². The fraction of sp³-hybridized carbons (Fsp3) is 0.400. The molecule has 0 saturated heterocycles. The Balaban J connectivity index is 2.18. The number of hydrogen-bond donors (Lipinski definition) is 3. The third-order valence-corrected chi connectivity index (χ3v) is 6.68. The van der Waals surface area contributed by atoms with Crippen molar-refractivity contribution in [1.29, 1.82) is 0 Å². The molecule has 38 heavy (non-hydrogen) atoms. The number of nitrogens with zero attached hydrogens (tertiary/aromatic N) is 1. The van der Waals surface area contributed by atoms with Crippen LogP contribution in [0, 0.1) is 5.82 Å². The third kappa shape index (κ3) is 6.75. The van der Waals surface area contributed by atoms with Crippen molar-refractivity contribution in [2.45, 2.75) is 70.7 Å². The lowest BCUT2D eigenvalue weighted by Crippen LogP contribution is -2.25. The van der Waals surface area contributed by atoms with Gasteiger partial charge in [-0.3, -0.25) is 9.59 Å². The third-order valence-electron chi connectivity index (χ3n) is 6.68. The summed E-state index contributed by atoms with van der Waals surface area (Å²) in [5, 5.41) is 20.9. The smallest absolute Gasteiger partial charge is 0.308 e. The van der Waals surface area contributed by atoms with Gasteiger partial charge < -0.3 is 25.3 Å². The van der Waals surface area contributed by atoms with Gasteiger partial charge in [0.2, 0.25) is 0 Å². The van der Waals surface area contributed by atoms with E-state index >= 15 is 0 Å². The van der Waals surface area contributed by atoms with Crippen molar-refractivity contribution in [2.75, 3.05) is 7.11 Å². The standard InChI is InChI=1S/C30H37FN2O5/c1-18(2)33-25(15-14-23(35)16-24(36)17-26(37)38-4)27(21-10-12-22(31)13-11-21)28(20-8-6-5-7-9-20)30(33)29(32)19(3)34/h5-13,18,23-24,29,35-36H,14-17,32H2,1-4H3. The molecule has 7 nitrogen and oxygen atoms in total. The fourth-order valence-corrected chi connectivity index (χ4v) is 4.91. The molecule has 0 radical (unpaired) electrons. The Labute approximate surface area is 223 Å². The Kier molecular flexibility index (Phi) is 9.96. The van der Waals surface area contributed by atoms with Crippen LogP contribution in [0.3, 0.4) is 0 Å². The number of ether oxygens (including phenoxy) is 1. The van der Waals surface area contributed by atoms with E-state index in [4.69, 9.17) is 5.73 Å². The van der Waals surface area contributed by atoms with Crippen molar-refractivity contribution in [3.05, 3.63) is 71.8 Å². The number of Topliss-reactive ketones (excluding diaryl/α,β-unsaturated/α-hetero) is 1. The Morgan fingerprint density at radius 1 is 0.974 bits per heavy atom. The van der Waals surface area contributed by atoms with Gasteiger partial charge in [-0.25, -0.2) is 4.39 Å². The second kappa shape index (κ2) is 13.0. The van der Waals surface area contributed by atoms with E-state index in [1.165, 1.54) is 26.2 Å². The Morgan fingerprint density at radius 3 is 2.13 bits per heavy atom. The Morgan fingerprint density at radius 2 is 1.58 bits per heavy atom. The molecule has 3 unspecified atom stereocenters. The number of aliphatic hydroxyl groups is 2. The number of hydrogen-bond acceptors (Lipinski definition) is 6. The second-order valence-electron chi connectivity index (χ2n) is 9.87. The lowest BCUT2D eigenvalue weighted by molar-refractivity contribution is -0.143. The van der Waals surface area contributed by atoms with Crippen LogP contribution >= 0.6 is 0 Å². The average Bonchev–Trinajstić information content (AvgIpc) is 3.22. The topological polar surface area (TPSA) is 115 Å². The number of benzene rings is 2. The number of nitrogens with two attached hydrogens (primary N) is 1. The number of aliphatic hydroxyl groups excluding tert-OH is 2. The lowest BCUT2D eigenvalue weighted by atomic mass is 9.91. The number of carbonyl (C=O) groups excluding carboxylic acids is 2. The van der Waals surface area contributed by atoms with Crippen LogP contribution in [-0.2, 0) is 20.7 Å².